The Hall–Kier alpha value is -3.65. The summed E-state index contributed by atoms with van der Waals surface area (Å²) < 4.78 is 0. The lowest BCUT2D eigenvalue weighted by molar-refractivity contribution is -0.138. The Morgan fingerprint density at radius 3 is 2.40 bits per heavy atom. The highest BCUT2D eigenvalue weighted by Crippen LogP contribution is 2.21. The lowest BCUT2D eigenvalue weighted by Gasteiger charge is -2.23. The SMILES string of the molecule is CCCN(C(=O)N[C@@H](CSCCc1ccncc1)C(=O)O)C(=O)c1cccc(-c2ccccc2)c1. The third-order valence-electron chi connectivity index (χ3n) is 5.32. The number of rotatable bonds is 11. The normalized spacial score (nSPS) is 11.5. The zero-order valence-electron chi connectivity index (χ0n) is 19.6. The number of nitrogens with one attached hydrogen (secondary N) is 1. The van der Waals surface area contributed by atoms with E-state index in [1.165, 1.54) is 11.8 Å². The zero-order valence-corrected chi connectivity index (χ0v) is 20.4. The number of benzene rings is 2. The second-order valence-corrected chi connectivity index (χ2v) is 9.07. The summed E-state index contributed by atoms with van der Waals surface area (Å²) in [5.74, 6) is -0.696. The van der Waals surface area contributed by atoms with Crippen molar-refractivity contribution >= 4 is 29.7 Å². The van der Waals surface area contributed by atoms with Crippen LogP contribution in [-0.2, 0) is 11.2 Å². The number of carbonyl (C=O) groups excluding carboxylic acids is 2. The predicted octanol–water partition coefficient (Wildman–Crippen LogP) is 4.74. The summed E-state index contributed by atoms with van der Waals surface area (Å²) in [5.41, 5.74) is 3.31. The molecule has 3 aromatic rings. The molecule has 2 aromatic carbocycles. The monoisotopic (exact) mass is 491 g/mol. The Labute approximate surface area is 209 Å². The first-order valence-corrected chi connectivity index (χ1v) is 12.6. The lowest BCUT2D eigenvalue weighted by Crippen LogP contribution is -2.51. The summed E-state index contributed by atoms with van der Waals surface area (Å²) in [5, 5.41) is 12.2. The number of imide groups is 1. The van der Waals surface area contributed by atoms with Crippen LogP contribution < -0.4 is 5.32 Å². The van der Waals surface area contributed by atoms with E-state index in [4.69, 9.17) is 0 Å². The van der Waals surface area contributed by atoms with Gasteiger partial charge in [-0.05, 0) is 59.6 Å². The molecule has 3 amide bonds. The summed E-state index contributed by atoms with van der Waals surface area (Å²) in [4.78, 5) is 43.1. The number of aromatic nitrogens is 1. The largest absolute Gasteiger partial charge is 0.480 e. The van der Waals surface area contributed by atoms with Crippen molar-refractivity contribution in [2.24, 2.45) is 0 Å². The number of carbonyl (C=O) groups is 3. The number of carboxylic acids is 1. The van der Waals surface area contributed by atoms with Crippen LogP contribution in [0.4, 0.5) is 4.79 Å². The molecule has 8 heteroatoms. The van der Waals surface area contributed by atoms with Gasteiger partial charge in [0.15, 0.2) is 0 Å². The van der Waals surface area contributed by atoms with Crippen LogP contribution in [0.25, 0.3) is 11.1 Å². The van der Waals surface area contributed by atoms with Gasteiger partial charge in [0.1, 0.15) is 6.04 Å². The third kappa shape index (κ3) is 7.68. The first-order valence-electron chi connectivity index (χ1n) is 11.5. The van der Waals surface area contributed by atoms with E-state index in [1.807, 2.05) is 55.5 Å². The molecule has 0 bridgehead atoms. The van der Waals surface area contributed by atoms with Crippen molar-refractivity contribution in [3.05, 3.63) is 90.3 Å². The van der Waals surface area contributed by atoms with Crippen LogP contribution in [0.2, 0.25) is 0 Å². The van der Waals surface area contributed by atoms with Gasteiger partial charge in [0.2, 0.25) is 0 Å². The van der Waals surface area contributed by atoms with Crippen LogP contribution in [0.5, 0.6) is 0 Å². The summed E-state index contributed by atoms with van der Waals surface area (Å²) in [6, 6.07) is 18.8. The smallest absolute Gasteiger partial charge is 0.327 e. The zero-order chi connectivity index (χ0) is 25.0. The van der Waals surface area contributed by atoms with Gasteiger partial charge in [-0.1, -0.05) is 49.4 Å². The van der Waals surface area contributed by atoms with Crippen molar-refractivity contribution in [3.8, 4) is 11.1 Å². The molecule has 0 aliphatic carbocycles. The molecule has 1 aromatic heterocycles. The topological polar surface area (TPSA) is 99.6 Å². The van der Waals surface area contributed by atoms with Gasteiger partial charge in [-0.25, -0.2) is 9.59 Å². The predicted molar refractivity (Wildman–Crippen MR) is 138 cm³/mol. The van der Waals surface area contributed by atoms with Crippen molar-refractivity contribution in [2.75, 3.05) is 18.1 Å². The Morgan fingerprint density at radius 2 is 1.71 bits per heavy atom. The average Bonchev–Trinajstić information content (AvgIpc) is 2.89. The fourth-order valence-electron chi connectivity index (χ4n) is 3.48. The number of aryl methyl sites for hydroxylation is 1. The molecule has 1 atom stereocenters. The van der Waals surface area contributed by atoms with E-state index >= 15 is 0 Å². The van der Waals surface area contributed by atoms with E-state index in [0.29, 0.717) is 17.7 Å². The van der Waals surface area contributed by atoms with Crippen LogP contribution in [0.3, 0.4) is 0 Å². The minimum atomic E-state index is -1.13. The molecule has 1 heterocycles. The van der Waals surface area contributed by atoms with Crippen molar-refractivity contribution in [2.45, 2.75) is 25.8 Å². The van der Waals surface area contributed by atoms with Gasteiger partial charge in [0, 0.05) is 30.3 Å². The standard InChI is InChI=1S/C27H29N3O4S/c1-2-16-30(25(31)23-10-6-9-22(18-23)21-7-4-3-5-8-21)27(34)29-24(26(32)33)19-35-17-13-20-11-14-28-15-12-20/h3-12,14-15,18,24H,2,13,16-17,19H2,1H3,(H,29,34)(H,32,33)/t24-/m0/s1. The van der Waals surface area contributed by atoms with E-state index in [1.54, 1.807) is 30.6 Å². The van der Waals surface area contributed by atoms with E-state index in [9.17, 15) is 19.5 Å². The number of hydrogen-bond acceptors (Lipinski definition) is 5. The number of aliphatic carboxylic acids is 1. The highest BCUT2D eigenvalue weighted by Gasteiger charge is 2.27. The van der Waals surface area contributed by atoms with Crippen LogP contribution >= 0.6 is 11.8 Å². The molecule has 0 saturated heterocycles. The third-order valence-corrected chi connectivity index (χ3v) is 6.38. The van der Waals surface area contributed by atoms with Crippen molar-refractivity contribution in [3.63, 3.8) is 0 Å². The summed E-state index contributed by atoms with van der Waals surface area (Å²) >= 11 is 1.44. The molecule has 182 valence electrons. The average molecular weight is 492 g/mol. The van der Waals surface area contributed by atoms with Gasteiger partial charge < -0.3 is 10.4 Å². The van der Waals surface area contributed by atoms with Gasteiger partial charge in [0.25, 0.3) is 5.91 Å². The van der Waals surface area contributed by atoms with E-state index in [0.717, 1.165) is 28.0 Å². The van der Waals surface area contributed by atoms with Gasteiger partial charge >= 0.3 is 12.0 Å². The van der Waals surface area contributed by atoms with Crippen molar-refractivity contribution < 1.29 is 19.5 Å². The molecule has 0 radical (unpaired) electrons. The minimum absolute atomic E-state index is 0.182. The van der Waals surface area contributed by atoms with Gasteiger partial charge in [-0.3, -0.25) is 14.7 Å². The number of thioether (sulfide) groups is 1. The Morgan fingerprint density at radius 1 is 1.00 bits per heavy atom. The maximum Gasteiger partial charge on any atom is 0.327 e. The van der Waals surface area contributed by atoms with Crippen LogP contribution in [-0.4, -0.2) is 57.0 Å². The number of urea groups is 1. The fourth-order valence-corrected chi connectivity index (χ4v) is 4.49. The molecule has 0 unspecified atom stereocenters. The first kappa shape index (κ1) is 26.0. The first-order chi connectivity index (χ1) is 17.0. The number of amides is 3. The van der Waals surface area contributed by atoms with Gasteiger partial charge in [-0.15, -0.1) is 0 Å². The number of nitrogens with zero attached hydrogens (tertiary/aromatic N) is 2. The maximum atomic E-state index is 13.2. The number of hydrogen-bond donors (Lipinski definition) is 2. The molecule has 3 rings (SSSR count). The minimum Gasteiger partial charge on any atom is -0.480 e. The van der Waals surface area contributed by atoms with Crippen molar-refractivity contribution in [1.29, 1.82) is 0 Å². The van der Waals surface area contributed by atoms with Gasteiger partial charge in [0.05, 0.1) is 0 Å². The molecule has 35 heavy (non-hydrogen) atoms. The molecule has 2 N–H and O–H groups in total. The number of carboxylic acid groups (broad SMARTS) is 1. The summed E-state index contributed by atoms with van der Waals surface area (Å²) in [6.45, 7) is 2.04. The molecule has 0 spiro atoms. The van der Waals surface area contributed by atoms with Crippen LogP contribution in [0.15, 0.2) is 79.1 Å². The lowest BCUT2D eigenvalue weighted by atomic mass is 10.0. The quantitative estimate of drug-likeness (QED) is 0.376. The van der Waals surface area contributed by atoms with Gasteiger partial charge in [-0.2, -0.15) is 11.8 Å². The molecular formula is C27H29N3O4S. The Kier molecular flexibility index (Phi) is 9.86. The maximum absolute atomic E-state index is 13.2. The highest BCUT2D eigenvalue weighted by atomic mass is 32.2. The second kappa shape index (κ2) is 13.3. The van der Waals surface area contributed by atoms with Crippen molar-refractivity contribution in [1.82, 2.24) is 15.2 Å². The Balaban J connectivity index is 1.65. The van der Waals surface area contributed by atoms with Crippen LogP contribution in [0.1, 0.15) is 29.3 Å². The Bertz CT molecular complexity index is 1130. The van der Waals surface area contributed by atoms with E-state index < -0.39 is 23.9 Å². The second-order valence-electron chi connectivity index (χ2n) is 7.92. The van der Waals surface area contributed by atoms with E-state index in [2.05, 4.69) is 10.3 Å². The molecular weight excluding hydrogens is 462 g/mol. The molecule has 7 nitrogen and oxygen atoms in total. The van der Waals surface area contributed by atoms with Crippen LogP contribution in [0, 0.1) is 0 Å². The molecule has 0 aliphatic rings. The molecule has 0 fully saturated rings. The fraction of sp³-hybridized carbons (Fsp3) is 0.259. The molecule has 0 aliphatic heterocycles. The summed E-state index contributed by atoms with van der Waals surface area (Å²) in [7, 11) is 0. The summed E-state index contributed by atoms with van der Waals surface area (Å²) in [6.07, 6.45) is 4.76. The van der Waals surface area contributed by atoms with E-state index in [-0.39, 0.29) is 12.3 Å². The number of pyridine rings is 1. The molecule has 0 saturated carbocycles. The highest BCUT2D eigenvalue weighted by molar-refractivity contribution is 7.99.